The molecule has 1 saturated heterocycles. The molecule has 124 valence electrons. The fraction of sp³-hybridized carbons (Fsp3) is 0.263. The van der Waals surface area contributed by atoms with Crippen molar-refractivity contribution in [1.82, 2.24) is 4.90 Å². The number of amides is 2. The van der Waals surface area contributed by atoms with E-state index >= 15 is 0 Å². The van der Waals surface area contributed by atoms with Gasteiger partial charge in [-0.05, 0) is 41.8 Å². The summed E-state index contributed by atoms with van der Waals surface area (Å²) < 4.78 is 13.0. The molecule has 2 aromatic rings. The molecule has 0 N–H and O–H groups in total. The van der Waals surface area contributed by atoms with Crippen LogP contribution in [0.1, 0.15) is 18.1 Å². The Morgan fingerprint density at radius 2 is 1.71 bits per heavy atom. The molecular formula is C19H19FN2O2. The predicted molar refractivity (Wildman–Crippen MR) is 90.0 cm³/mol. The summed E-state index contributed by atoms with van der Waals surface area (Å²) in [5.41, 5.74) is 2.69. The number of piperazine rings is 1. The second-order valence-electron chi connectivity index (χ2n) is 5.83. The Morgan fingerprint density at radius 1 is 0.958 bits per heavy atom. The zero-order valence-corrected chi connectivity index (χ0v) is 13.5. The van der Waals surface area contributed by atoms with Crippen LogP contribution in [0.5, 0.6) is 0 Å². The molecule has 0 unspecified atom stereocenters. The first kappa shape index (κ1) is 16.2. The van der Waals surface area contributed by atoms with E-state index < -0.39 is 11.8 Å². The number of carbonyl (C=O) groups excluding carboxylic acids is 2. The normalized spacial score (nSPS) is 15.1. The summed E-state index contributed by atoms with van der Waals surface area (Å²) in [5, 5.41) is 0. The van der Waals surface area contributed by atoms with Crippen LogP contribution in [0.15, 0.2) is 48.5 Å². The van der Waals surface area contributed by atoms with Crippen molar-refractivity contribution in [1.29, 1.82) is 0 Å². The highest BCUT2D eigenvalue weighted by atomic mass is 19.1. The number of halogens is 1. The van der Waals surface area contributed by atoms with Gasteiger partial charge in [-0.2, -0.15) is 0 Å². The van der Waals surface area contributed by atoms with Gasteiger partial charge >= 0.3 is 11.8 Å². The lowest BCUT2D eigenvalue weighted by Gasteiger charge is -2.34. The largest absolute Gasteiger partial charge is 0.328 e. The predicted octanol–water partition coefficient (Wildman–Crippen LogP) is 2.76. The van der Waals surface area contributed by atoms with Crippen molar-refractivity contribution in [3.8, 4) is 0 Å². The lowest BCUT2D eigenvalue weighted by atomic mass is 10.1. The van der Waals surface area contributed by atoms with E-state index in [1.165, 1.54) is 21.9 Å². The van der Waals surface area contributed by atoms with Crippen LogP contribution in [0.2, 0.25) is 0 Å². The van der Waals surface area contributed by atoms with Gasteiger partial charge in [0.1, 0.15) is 5.82 Å². The highest BCUT2D eigenvalue weighted by Crippen LogP contribution is 2.20. The summed E-state index contributed by atoms with van der Waals surface area (Å²) in [4.78, 5) is 27.9. The highest BCUT2D eigenvalue weighted by Gasteiger charge is 2.33. The Morgan fingerprint density at radius 3 is 2.42 bits per heavy atom. The molecule has 0 atom stereocenters. The molecule has 0 aliphatic carbocycles. The maximum atomic E-state index is 13.0. The van der Waals surface area contributed by atoms with E-state index in [1.807, 2.05) is 31.2 Å². The van der Waals surface area contributed by atoms with Gasteiger partial charge in [0.2, 0.25) is 0 Å². The van der Waals surface area contributed by atoms with Gasteiger partial charge in [0.05, 0.1) is 0 Å². The van der Waals surface area contributed by atoms with Crippen LogP contribution < -0.4 is 4.90 Å². The summed E-state index contributed by atoms with van der Waals surface area (Å²) in [7, 11) is 0. The molecule has 24 heavy (non-hydrogen) atoms. The molecule has 0 spiro atoms. The molecular weight excluding hydrogens is 307 g/mol. The smallest absolute Gasteiger partial charge is 0.316 e. The Kier molecular flexibility index (Phi) is 4.60. The van der Waals surface area contributed by atoms with Crippen LogP contribution in [-0.4, -0.2) is 29.8 Å². The molecule has 1 fully saturated rings. The van der Waals surface area contributed by atoms with E-state index in [9.17, 15) is 14.0 Å². The van der Waals surface area contributed by atoms with Gasteiger partial charge in [0.25, 0.3) is 0 Å². The van der Waals surface area contributed by atoms with Crippen molar-refractivity contribution in [3.05, 3.63) is 65.5 Å². The van der Waals surface area contributed by atoms with Gasteiger partial charge < -0.3 is 9.80 Å². The van der Waals surface area contributed by atoms with E-state index in [0.717, 1.165) is 23.2 Å². The summed E-state index contributed by atoms with van der Waals surface area (Å²) >= 11 is 0. The average Bonchev–Trinajstić information content (AvgIpc) is 2.61. The average molecular weight is 326 g/mol. The summed E-state index contributed by atoms with van der Waals surface area (Å²) in [5.74, 6) is -1.36. The van der Waals surface area contributed by atoms with Crippen molar-refractivity contribution in [2.75, 3.05) is 18.0 Å². The molecule has 1 heterocycles. The van der Waals surface area contributed by atoms with E-state index in [4.69, 9.17) is 0 Å². The lowest BCUT2D eigenvalue weighted by molar-refractivity contribution is -0.146. The van der Waals surface area contributed by atoms with Crippen molar-refractivity contribution in [2.24, 2.45) is 0 Å². The molecule has 3 rings (SSSR count). The molecule has 0 bridgehead atoms. The maximum Gasteiger partial charge on any atom is 0.316 e. The molecule has 2 aromatic carbocycles. The molecule has 2 amide bonds. The molecule has 0 saturated carbocycles. The Hall–Kier alpha value is -2.69. The SMILES string of the molecule is CCc1cccc(N2CCN(Cc3ccc(F)cc3)C(=O)C2=O)c1. The van der Waals surface area contributed by atoms with Gasteiger partial charge in [0.15, 0.2) is 0 Å². The van der Waals surface area contributed by atoms with Gasteiger partial charge in [0, 0.05) is 25.3 Å². The van der Waals surface area contributed by atoms with Crippen LogP contribution in [0.3, 0.4) is 0 Å². The van der Waals surface area contributed by atoms with E-state index in [1.54, 1.807) is 12.1 Å². The van der Waals surface area contributed by atoms with Crippen molar-refractivity contribution >= 4 is 17.5 Å². The number of carbonyl (C=O) groups is 2. The number of hydrogen-bond acceptors (Lipinski definition) is 2. The van der Waals surface area contributed by atoms with Gasteiger partial charge in [-0.15, -0.1) is 0 Å². The van der Waals surface area contributed by atoms with Crippen molar-refractivity contribution in [3.63, 3.8) is 0 Å². The van der Waals surface area contributed by atoms with Gasteiger partial charge in [-0.25, -0.2) is 4.39 Å². The first-order valence-electron chi connectivity index (χ1n) is 8.02. The molecule has 1 aliphatic heterocycles. The highest BCUT2D eigenvalue weighted by molar-refractivity contribution is 6.40. The lowest BCUT2D eigenvalue weighted by Crippen LogP contribution is -2.54. The first-order valence-corrected chi connectivity index (χ1v) is 8.02. The van der Waals surface area contributed by atoms with Crippen LogP contribution in [0.4, 0.5) is 10.1 Å². The van der Waals surface area contributed by atoms with E-state index in [2.05, 4.69) is 0 Å². The number of rotatable bonds is 4. The zero-order chi connectivity index (χ0) is 17.1. The molecule has 0 radical (unpaired) electrons. The number of hydrogen-bond donors (Lipinski definition) is 0. The molecule has 1 aliphatic rings. The van der Waals surface area contributed by atoms with Crippen molar-refractivity contribution < 1.29 is 14.0 Å². The minimum absolute atomic E-state index is 0.313. The Labute approximate surface area is 140 Å². The zero-order valence-electron chi connectivity index (χ0n) is 13.5. The first-order chi connectivity index (χ1) is 11.6. The fourth-order valence-corrected chi connectivity index (χ4v) is 2.83. The Balaban J connectivity index is 1.73. The van der Waals surface area contributed by atoms with Crippen LogP contribution >= 0.6 is 0 Å². The minimum Gasteiger partial charge on any atom is -0.328 e. The summed E-state index contributed by atoms with van der Waals surface area (Å²) in [6, 6.07) is 13.7. The third kappa shape index (κ3) is 3.30. The number of aryl methyl sites for hydroxylation is 1. The van der Waals surface area contributed by atoms with Gasteiger partial charge in [-0.3, -0.25) is 9.59 Å². The van der Waals surface area contributed by atoms with Crippen LogP contribution in [-0.2, 0) is 22.6 Å². The van der Waals surface area contributed by atoms with E-state index in [0.29, 0.717) is 19.6 Å². The fourth-order valence-electron chi connectivity index (χ4n) is 2.83. The number of nitrogens with zero attached hydrogens (tertiary/aromatic N) is 2. The van der Waals surface area contributed by atoms with Crippen molar-refractivity contribution in [2.45, 2.75) is 19.9 Å². The molecule has 0 aromatic heterocycles. The number of anilines is 1. The quantitative estimate of drug-likeness (QED) is 0.811. The van der Waals surface area contributed by atoms with E-state index in [-0.39, 0.29) is 5.82 Å². The second kappa shape index (κ2) is 6.83. The number of benzene rings is 2. The summed E-state index contributed by atoms with van der Waals surface area (Å²) in [6.45, 7) is 3.28. The molecule has 4 nitrogen and oxygen atoms in total. The van der Waals surface area contributed by atoms with Gasteiger partial charge in [-0.1, -0.05) is 31.2 Å². The second-order valence-corrected chi connectivity index (χ2v) is 5.83. The third-order valence-electron chi connectivity index (χ3n) is 4.23. The third-order valence-corrected chi connectivity index (χ3v) is 4.23. The maximum absolute atomic E-state index is 13.0. The monoisotopic (exact) mass is 326 g/mol. The Bertz CT molecular complexity index is 758. The topological polar surface area (TPSA) is 40.6 Å². The standard InChI is InChI=1S/C19H19FN2O2/c1-2-14-4-3-5-17(12-14)22-11-10-21(18(23)19(22)24)13-15-6-8-16(20)9-7-15/h3-9,12H,2,10-11,13H2,1H3. The molecule has 5 heteroatoms. The van der Waals surface area contributed by atoms with Crippen LogP contribution in [0, 0.1) is 5.82 Å². The van der Waals surface area contributed by atoms with Crippen LogP contribution in [0.25, 0.3) is 0 Å². The minimum atomic E-state index is -0.521. The summed E-state index contributed by atoms with van der Waals surface area (Å²) in [6.07, 6.45) is 0.876.